The van der Waals surface area contributed by atoms with Crippen molar-refractivity contribution in [1.82, 2.24) is 0 Å². The van der Waals surface area contributed by atoms with Gasteiger partial charge in [-0.2, -0.15) is 0 Å². The average Bonchev–Trinajstić information content (AvgIpc) is 2.60. The van der Waals surface area contributed by atoms with Crippen molar-refractivity contribution < 1.29 is 9.52 Å². The molecule has 0 fully saturated rings. The van der Waals surface area contributed by atoms with Crippen LogP contribution in [-0.4, -0.2) is 5.11 Å². The first-order chi connectivity index (χ1) is 12.2. The van der Waals surface area contributed by atoms with Gasteiger partial charge in [0.25, 0.3) is 0 Å². The molecule has 0 atom stereocenters. The summed E-state index contributed by atoms with van der Waals surface area (Å²) in [5, 5.41) is 12.9. The molecule has 132 valence electrons. The normalized spacial score (nSPS) is 11.4. The minimum Gasteiger partial charge on any atom is -0.507 e. The molecule has 25 heavy (non-hydrogen) atoms. The molecule has 1 aromatic heterocycles. The number of phenolic OH excluding ortho intramolecular Hbond substituents is 1. The van der Waals surface area contributed by atoms with E-state index >= 15 is 0 Å². The first-order valence-corrected chi connectivity index (χ1v) is 9.36. The summed E-state index contributed by atoms with van der Waals surface area (Å²) in [6, 6.07) is 9.61. The van der Waals surface area contributed by atoms with Crippen LogP contribution in [0.4, 0.5) is 0 Å². The highest BCUT2D eigenvalue weighted by molar-refractivity contribution is 6.07. The maximum absolute atomic E-state index is 12.5. The minimum atomic E-state index is -0.455. The van der Waals surface area contributed by atoms with Gasteiger partial charge in [0, 0.05) is 10.8 Å². The predicted octanol–water partition coefficient (Wildman–Crippen LogP) is 5.73. The van der Waals surface area contributed by atoms with Crippen LogP contribution in [0.15, 0.2) is 39.5 Å². The number of fused-ring (bicyclic) bond motifs is 3. The number of hydrogen-bond acceptors (Lipinski definition) is 3. The summed E-state index contributed by atoms with van der Waals surface area (Å²) in [6.45, 7) is 4.33. The Hall–Kier alpha value is -2.29. The molecule has 0 bridgehead atoms. The van der Waals surface area contributed by atoms with E-state index in [2.05, 4.69) is 19.9 Å². The van der Waals surface area contributed by atoms with Crippen LogP contribution < -0.4 is 5.63 Å². The first-order valence-electron chi connectivity index (χ1n) is 9.36. The van der Waals surface area contributed by atoms with Gasteiger partial charge < -0.3 is 9.52 Å². The number of phenols is 1. The fourth-order valence-electron chi connectivity index (χ4n) is 3.61. The van der Waals surface area contributed by atoms with Crippen LogP contribution in [0.25, 0.3) is 21.7 Å². The van der Waals surface area contributed by atoms with E-state index in [0.717, 1.165) is 54.0 Å². The molecule has 0 spiro atoms. The van der Waals surface area contributed by atoms with Gasteiger partial charge >= 0.3 is 5.63 Å². The smallest absolute Gasteiger partial charge is 0.347 e. The van der Waals surface area contributed by atoms with Crippen LogP contribution in [0.2, 0.25) is 0 Å². The predicted molar refractivity (Wildman–Crippen MR) is 103 cm³/mol. The van der Waals surface area contributed by atoms with Crippen LogP contribution in [0, 0.1) is 0 Å². The van der Waals surface area contributed by atoms with Gasteiger partial charge in [-0.15, -0.1) is 0 Å². The van der Waals surface area contributed by atoms with Gasteiger partial charge in [-0.25, -0.2) is 4.79 Å². The van der Waals surface area contributed by atoms with Crippen LogP contribution >= 0.6 is 0 Å². The molecule has 0 radical (unpaired) electrons. The third-order valence-electron chi connectivity index (χ3n) is 4.88. The Morgan fingerprint density at radius 3 is 2.52 bits per heavy atom. The van der Waals surface area contributed by atoms with Crippen molar-refractivity contribution in [2.45, 2.75) is 58.8 Å². The Morgan fingerprint density at radius 1 is 0.960 bits per heavy atom. The van der Waals surface area contributed by atoms with Gasteiger partial charge in [0.05, 0.1) is 0 Å². The van der Waals surface area contributed by atoms with Gasteiger partial charge in [0.15, 0.2) is 0 Å². The summed E-state index contributed by atoms with van der Waals surface area (Å²) in [7, 11) is 0. The number of para-hydroxylation sites is 1. The van der Waals surface area contributed by atoms with E-state index in [1.165, 1.54) is 12.8 Å². The lowest BCUT2D eigenvalue weighted by molar-refractivity contribution is 0.467. The molecule has 1 N–H and O–H groups in total. The molecule has 0 aliphatic heterocycles. The number of hydrogen-bond donors (Lipinski definition) is 1. The lowest BCUT2D eigenvalue weighted by Crippen LogP contribution is -2.05. The van der Waals surface area contributed by atoms with Crippen molar-refractivity contribution in [2.75, 3.05) is 0 Å². The molecule has 0 amide bonds. The summed E-state index contributed by atoms with van der Waals surface area (Å²) in [5.74, 6) is 0.122. The Morgan fingerprint density at radius 2 is 1.76 bits per heavy atom. The fraction of sp³-hybridized carbons (Fsp3) is 0.409. The van der Waals surface area contributed by atoms with Gasteiger partial charge in [0.1, 0.15) is 16.7 Å². The summed E-state index contributed by atoms with van der Waals surface area (Å²) >= 11 is 0. The summed E-state index contributed by atoms with van der Waals surface area (Å²) in [4.78, 5) is 12.5. The van der Waals surface area contributed by atoms with Gasteiger partial charge in [-0.1, -0.05) is 57.7 Å². The zero-order valence-corrected chi connectivity index (χ0v) is 15.1. The molecule has 3 rings (SSSR count). The average molecular weight is 338 g/mol. The Kier molecular flexibility index (Phi) is 5.42. The Balaban J connectivity index is 2.20. The van der Waals surface area contributed by atoms with Crippen molar-refractivity contribution in [3.05, 3.63) is 51.9 Å². The lowest BCUT2D eigenvalue weighted by atomic mass is 9.92. The molecule has 1 heterocycles. The van der Waals surface area contributed by atoms with Gasteiger partial charge in [-0.3, -0.25) is 0 Å². The van der Waals surface area contributed by atoms with Crippen molar-refractivity contribution in [1.29, 1.82) is 0 Å². The van der Waals surface area contributed by atoms with Crippen molar-refractivity contribution in [3.63, 3.8) is 0 Å². The van der Waals surface area contributed by atoms with Crippen LogP contribution in [0.5, 0.6) is 5.75 Å². The largest absolute Gasteiger partial charge is 0.507 e. The SMILES string of the molecule is CCCCCCc1c(CCC)cc2c(c1O)c(=O)oc1ccccc12. The molecule has 0 aliphatic rings. The van der Waals surface area contributed by atoms with E-state index in [9.17, 15) is 9.90 Å². The highest BCUT2D eigenvalue weighted by Gasteiger charge is 2.18. The maximum Gasteiger partial charge on any atom is 0.347 e. The Labute approximate surface area is 148 Å². The number of unbranched alkanes of at least 4 members (excludes halogenated alkanes) is 3. The lowest BCUT2D eigenvalue weighted by Gasteiger charge is -2.14. The fourth-order valence-corrected chi connectivity index (χ4v) is 3.61. The highest BCUT2D eigenvalue weighted by Crippen LogP contribution is 2.35. The molecule has 3 heteroatoms. The van der Waals surface area contributed by atoms with E-state index in [4.69, 9.17) is 4.42 Å². The first kappa shape index (κ1) is 17.5. The van der Waals surface area contributed by atoms with E-state index in [1.807, 2.05) is 18.2 Å². The van der Waals surface area contributed by atoms with Crippen molar-refractivity contribution in [2.24, 2.45) is 0 Å². The topological polar surface area (TPSA) is 50.4 Å². The van der Waals surface area contributed by atoms with Gasteiger partial charge in [0.2, 0.25) is 0 Å². The molecule has 0 aliphatic carbocycles. The van der Waals surface area contributed by atoms with Crippen LogP contribution in [0.1, 0.15) is 57.1 Å². The maximum atomic E-state index is 12.5. The van der Waals surface area contributed by atoms with Gasteiger partial charge in [-0.05, 0) is 42.5 Å². The summed E-state index contributed by atoms with van der Waals surface area (Å²) < 4.78 is 5.44. The molecule has 0 unspecified atom stereocenters. The molecule has 3 aromatic rings. The second-order valence-electron chi connectivity index (χ2n) is 6.73. The minimum absolute atomic E-state index is 0.122. The third-order valence-corrected chi connectivity index (χ3v) is 4.88. The molecule has 2 aromatic carbocycles. The van der Waals surface area contributed by atoms with E-state index in [1.54, 1.807) is 6.07 Å². The molecule has 3 nitrogen and oxygen atoms in total. The third kappa shape index (κ3) is 3.41. The number of aromatic hydroxyl groups is 1. The zero-order valence-electron chi connectivity index (χ0n) is 15.1. The van der Waals surface area contributed by atoms with Crippen LogP contribution in [0.3, 0.4) is 0 Å². The zero-order chi connectivity index (χ0) is 17.8. The molecule has 0 saturated heterocycles. The number of benzene rings is 2. The Bertz CT molecular complexity index is 937. The second-order valence-corrected chi connectivity index (χ2v) is 6.73. The second kappa shape index (κ2) is 7.73. The molecular formula is C22H26O3. The summed E-state index contributed by atoms with van der Waals surface area (Å²) in [5.41, 5.74) is 2.19. The standard InChI is InChI=1S/C22H26O3/c1-3-5-6-7-11-16-15(10-4-2)14-18-17-12-8-9-13-19(17)25-22(24)20(18)21(16)23/h8-9,12-14,23H,3-7,10-11H2,1-2H3. The highest BCUT2D eigenvalue weighted by atomic mass is 16.4. The number of aryl methyl sites for hydroxylation is 1. The molecule has 0 saturated carbocycles. The number of rotatable bonds is 7. The molecular weight excluding hydrogens is 312 g/mol. The van der Waals surface area contributed by atoms with Crippen molar-refractivity contribution >= 4 is 21.7 Å². The quantitative estimate of drug-likeness (QED) is 0.340. The van der Waals surface area contributed by atoms with E-state index in [-0.39, 0.29) is 5.75 Å². The van der Waals surface area contributed by atoms with E-state index in [0.29, 0.717) is 11.0 Å². The van der Waals surface area contributed by atoms with Crippen LogP contribution in [-0.2, 0) is 12.8 Å². The summed E-state index contributed by atoms with van der Waals surface area (Å²) in [6.07, 6.45) is 7.27. The van der Waals surface area contributed by atoms with Crippen molar-refractivity contribution in [3.8, 4) is 5.75 Å². The monoisotopic (exact) mass is 338 g/mol. The van der Waals surface area contributed by atoms with E-state index < -0.39 is 5.63 Å².